The van der Waals surface area contributed by atoms with Gasteiger partial charge in [-0.25, -0.2) is 0 Å². The summed E-state index contributed by atoms with van der Waals surface area (Å²) in [5, 5.41) is 12.3. The standard InChI is InChI=1S/C25H26N4O6/c1-16(30)27-18-8-7-9-19(14-18)35-11-6-5-10-26-25(31)21-15-20(28-29-21)17-12-22(32-2)24(34-4)23(13-17)33-3/h7-9,12-15H,10-11H2,1-4H3,(H,26,31)(H,27,30)(H,28,29). The predicted molar refractivity (Wildman–Crippen MR) is 130 cm³/mol. The Labute approximate surface area is 202 Å². The van der Waals surface area contributed by atoms with Gasteiger partial charge in [-0.1, -0.05) is 17.9 Å². The van der Waals surface area contributed by atoms with E-state index in [1.165, 1.54) is 28.3 Å². The van der Waals surface area contributed by atoms with Crippen LogP contribution in [-0.4, -0.2) is 56.5 Å². The summed E-state index contributed by atoms with van der Waals surface area (Å²) < 4.78 is 21.6. The van der Waals surface area contributed by atoms with Crippen molar-refractivity contribution in [3.8, 4) is 46.1 Å². The minimum absolute atomic E-state index is 0.132. The van der Waals surface area contributed by atoms with Gasteiger partial charge in [-0.15, -0.1) is 0 Å². The summed E-state index contributed by atoms with van der Waals surface area (Å²) in [7, 11) is 4.58. The van der Waals surface area contributed by atoms with Crippen molar-refractivity contribution in [1.29, 1.82) is 0 Å². The topological polar surface area (TPSA) is 124 Å². The second kappa shape index (κ2) is 12.0. The maximum atomic E-state index is 12.4. The lowest BCUT2D eigenvalue weighted by Crippen LogP contribution is -2.24. The minimum atomic E-state index is -0.352. The lowest BCUT2D eigenvalue weighted by molar-refractivity contribution is -0.114. The molecule has 3 N–H and O–H groups in total. The Morgan fingerprint density at radius 3 is 2.40 bits per heavy atom. The van der Waals surface area contributed by atoms with Crippen LogP contribution in [0.4, 0.5) is 5.69 Å². The van der Waals surface area contributed by atoms with Crippen LogP contribution in [0.25, 0.3) is 11.3 Å². The van der Waals surface area contributed by atoms with Gasteiger partial charge in [-0.05, 0) is 30.3 Å². The molecule has 0 saturated heterocycles. The number of carbonyl (C=O) groups is 2. The van der Waals surface area contributed by atoms with E-state index in [4.69, 9.17) is 18.9 Å². The van der Waals surface area contributed by atoms with Crippen molar-refractivity contribution >= 4 is 17.5 Å². The highest BCUT2D eigenvalue weighted by atomic mass is 16.5. The zero-order chi connectivity index (χ0) is 25.2. The van der Waals surface area contributed by atoms with Crippen molar-refractivity contribution in [1.82, 2.24) is 15.5 Å². The molecule has 1 aromatic heterocycles. The number of aromatic amines is 1. The fraction of sp³-hybridized carbons (Fsp3) is 0.240. The van der Waals surface area contributed by atoms with Crippen molar-refractivity contribution in [2.24, 2.45) is 0 Å². The number of H-pyrrole nitrogens is 1. The molecular weight excluding hydrogens is 452 g/mol. The molecule has 182 valence electrons. The molecule has 10 nitrogen and oxygen atoms in total. The molecule has 0 radical (unpaired) electrons. The van der Waals surface area contributed by atoms with Gasteiger partial charge in [0.1, 0.15) is 18.1 Å². The SMILES string of the molecule is COc1cc(-c2cc(C(=O)NCC#CCOc3cccc(NC(C)=O)c3)[nH]n2)cc(OC)c1OC. The zero-order valence-electron chi connectivity index (χ0n) is 19.9. The summed E-state index contributed by atoms with van der Waals surface area (Å²) >= 11 is 0. The van der Waals surface area contributed by atoms with E-state index in [9.17, 15) is 9.59 Å². The Kier molecular flexibility index (Phi) is 8.56. The summed E-state index contributed by atoms with van der Waals surface area (Å²) in [6, 6.07) is 12.1. The van der Waals surface area contributed by atoms with Crippen LogP contribution in [0, 0.1) is 11.8 Å². The zero-order valence-corrected chi connectivity index (χ0v) is 19.9. The van der Waals surface area contributed by atoms with Crippen LogP contribution < -0.4 is 29.6 Å². The number of amides is 2. The lowest BCUT2D eigenvalue weighted by atomic mass is 10.1. The number of nitrogens with zero attached hydrogens (tertiary/aromatic N) is 1. The Morgan fingerprint density at radius 1 is 1.00 bits per heavy atom. The molecule has 0 aliphatic carbocycles. The number of methoxy groups -OCH3 is 3. The third kappa shape index (κ3) is 6.68. The van der Waals surface area contributed by atoms with Crippen LogP contribution in [0.1, 0.15) is 17.4 Å². The summed E-state index contributed by atoms with van der Waals surface area (Å²) in [4.78, 5) is 23.6. The van der Waals surface area contributed by atoms with E-state index in [0.717, 1.165) is 0 Å². The number of nitrogens with one attached hydrogen (secondary N) is 3. The predicted octanol–water partition coefficient (Wildman–Crippen LogP) is 2.87. The molecule has 2 amide bonds. The Bertz CT molecular complexity index is 1230. The van der Waals surface area contributed by atoms with Crippen LogP contribution in [0.2, 0.25) is 0 Å². The molecule has 0 fully saturated rings. The van der Waals surface area contributed by atoms with Crippen LogP contribution in [-0.2, 0) is 4.79 Å². The molecule has 2 aromatic carbocycles. The van der Waals surface area contributed by atoms with Crippen molar-refractivity contribution in [2.75, 3.05) is 39.8 Å². The monoisotopic (exact) mass is 478 g/mol. The Morgan fingerprint density at radius 2 is 1.74 bits per heavy atom. The smallest absolute Gasteiger partial charge is 0.270 e. The molecule has 0 spiro atoms. The van der Waals surface area contributed by atoms with Crippen molar-refractivity contribution in [3.05, 3.63) is 48.2 Å². The van der Waals surface area contributed by atoms with Gasteiger partial charge in [-0.3, -0.25) is 14.7 Å². The number of ether oxygens (including phenoxy) is 4. The van der Waals surface area contributed by atoms with Crippen LogP contribution >= 0.6 is 0 Å². The van der Waals surface area contributed by atoms with E-state index >= 15 is 0 Å². The molecule has 0 aliphatic rings. The number of aromatic nitrogens is 2. The van der Waals surface area contributed by atoms with Gasteiger partial charge in [0.05, 0.1) is 33.6 Å². The molecular formula is C25H26N4O6. The molecule has 0 aliphatic heterocycles. The quantitative estimate of drug-likeness (QED) is 0.404. The van der Waals surface area contributed by atoms with Crippen molar-refractivity contribution < 1.29 is 28.5 Å². The van der Waals surface area contributed by atoms with Gasteiger partial charge in [0, 0.05) is 24.2 Å². The highest BCUT2D eigenvalue weighted by Crippen LogP contribution is 2.40. The normalized spacial score (nSPS) is 9.94. The number of hydrogen-bond donors (Lipinski definition) is 3. The van der Waals surface area contributed by atoms with E-state index in [0.29, 0.717) is 39.9 Å². The fourth-order valence-corrected chi connectivity index (χ4v) is 3.13. The van der Waals surface area contributed by atoms with Gasteiger partial charge >= 0.3 is 0 Å². The van der Waals surface area contributed by atoms with Gasteiger partial charge < -0.3 is 29.6 Å². The largest absolute Gasteiger partial charge is 0.493 e. The summed E-state index contributed by atoms with van der Waals surface area (Å²) in [5.74, 6) is 7.15. The number of hydrogen-bond acceptors (Lipinski definition) is 7. The number of anilines is 1. The number of carbonyl (C=O) groups excluding carboxylic acids is 2. The summed E-state index contributed by atoms with van der Waals surface area (Å²) in [6.07, 6.45) is 0. The van der Waals surface area contributed by atoms with E-state index in [1.807, 2.05) is 0 Å². The molecule has 1 heterocycles. The molecule has 0 bridgehead atoms. The highest BCUT2D eigenvalue weighted by Gasteiger charge is 2.17. The number of rotatable bonds is 9. The summed E-state index contributed by atoms with van der Waals surface area (Å²) in [5.41, 5.74) is 2.15. The Hall–Kier alpha value is -4.65. The van der Waals surface area contributed by atoms with Gasteiger partial charge in [0.25, 0.3) is 5.91 Å². The molecule has 0 unspecified atom stereocenters. The van der Waals surface area contributed by atoms with E-state index in [2.05, 4.69) is 32.7 Å². The van der Waals surface area contributed by atoms with Crippen LogP contribution in [0.15, 0.2) is 42.5 Å². The minimum Gasteiger partial charge on any atom is -0.493 e. The average molecular weight is 479 g/mol. The number of benzene rings is 2. The van der Waals surface area contributed by atoms with Gasteiger partial charge in [0.15, 0.2) is 11.5 Å². The van der Waals surface area contributed by atoms with E-state index in [1.54, 1.807) is 42.5 Å². The fourth-order valence-electron chi connectivity index (χ4n) is 3.13. The molecule has 10 heteroatoms. The van der Waals surface area contributed by atoms with Crippen molar-refractivity contribution in [3.63, 3.8) is 0 Å². The maximum Gasteiger partial charge on any atom is 0.270 e. The average Bonchev–Trinajstić information content (AvgIpc) is 3.35. The first kappa shape index (κ1) is 25.0. The Balaban J connectivity index is 1.55. The molecule has 0 atom stereocenters. The summed E-state index contributed by atoms with van der Waals surface area (Å²) in [6.45, 7) is 1.70. The molecule has 3 rings (SSSR count). The third-order valence-electron chi connectivity index (χ3n) is 4.71. The van der Waals surface area contributed by atoms with Crippen LogP contribution in [0.3, 0.4) is 0 Å². The second-order valence-electron chi connectivity index (χ2n) is 7.11. The lowest BCUT2D eigenvalue weighted by Gasteiger charge is -2.13. The van der Waals surface area contributed by atoms with Gasteiger partial charge in [-0.2, -0.15) is 5.10 Å². The maximum absolute atomic E-state index is 12.4. The first-order valence-electron chi connectivity index (χ1n) is 10.5. The highest BCUT2D eigenvalue weighted by molar-refractivity contribution is 5.93. The second-order valence-corrected chi connectivity index (χ2v) is 7.11. The van der Waals surface area contributed by atoms with Gasteiger partial charge in [0.2, 0.25) is 11.7 Å². The first-order chi connectivity index (χ1) is 16.9. The van der Waals surface area contributed by atoms with Crippen molar-refractivity contribution in [2.45, 2.75) is 6.92 Å². The third-order valence-corrected chi connectivity index (χ3v) is 4.71. The van der Waals surface area contributed by atoms with E-state index in [-0.39, 0.29) is 30.7 Å². The molecule has 3 aromatic rings. The molecule has 35 heavy (non-hydrogen) atoms. The van der Waals surface area contributed by atoms with Crippen LogP contribution in [0.5, 0.6) is 23.0 Å². The molecule has 0 saturated carbocycles. The van der Waals surface area contributed by atoms with E-state index < -0.39 is 0 Å². The first-order valence-corrected chi connectivity index (χ1v) is 10.5.